The monoisotopic (exact) mass is 289 g/mol. The predicted molar refractivity (Wildman–Crippen MR) is 78.7 cm³/mol. The number of halogens is 1. The predicted octanol–water partition coefficient (Wildman–Crippen LogP) is 3.69. The molecular formula is C16H16FNOS. The zero-order valence-electron chi connectivity index (χ0n) is 11.3. The van der Waals surface area contributed by atoms with Crippen molar-refractivity contribution in [2.45, 2.75) is 19.4 Å². The molecule has 0 aliphatic carbocycles. The summed E-state index contributed by atoms with van der Waals surface area (Å²) in [6, 6.07) is 8.33. The molecule has 0 bridgehead atoms. The van der Waals surface area contributed by atoms with E-state index in [0.29, 0.717) is 12.1 Å². The van der Waals surface area contributed by atoms with Gasteiger partial charge in [0.25, 0.3) is 0 Å². The second-order valence-electron chi connectivity index (χ2n) is 5.13. The molecular weight excluding hydrogens is 273 g/mol. The van der Waals surface area contributed by atoms with E-state index in [0.717, 1.165) is 13.0 Å². The summed E-state index contributed by atoms with van der Waals surface area (Å²) in [5, 5.41) is 2.11. The Bertz CT molecular complexity index is 637. The molecule has 1 unspecified atom stereocenters. The van der Waals surface area contributed by atoms with Crippen molar-refractivity contribution in [3.63, 3.8) is 0 Å². The first kappa shape index (κ1) is 13.5. The molecule has 2 nitrogen and oxygen atoms in total. The average molecular weight is 289 g/mol. The summed E-state index contributed by atoms with van der Waals surface area (Å²) in [7, 11) is 0. The topological polar surface area (TPSA) is 20.3 Å². The van der Waals surface area contributed by atoms with E-state index in [1.165, 1.54) is 22.6 Å². The zero-order chi connectivity index (χ0) is 14.1. The first-order valence-electron chi connectivity index (χ1n) is 6.74. The van der Waals surface area contributed by atoms with Crippen molar-refractivity contribution in [2.24, 2.45) is 0 Å². The largest absolute Gasteiger partial charge is 0.293 e. The average Bonchev–Trinajstić information content (AvgIpc) is 2.91. The minimum absolute atomic E-state index is 0.0185. The lowest BCUT2D eigenvalue weighted by atomic mass is 10.0. The fourth-order valence-corrected chi connectivity index (χ4v) is 3.68. The Kier molecular flexibility index (Phi) is 3.68. The van der Waals surface area contributed by atoms with Crippen LogP contribution in [-0.2, 0) is 6.42 Å². The fraction of sp³-hybridized carbons (Fsp3) is 0.312. The Morgan fingerprint density at radius 3 is 3.10 bits per heavy atom. The van der Waals surface area contributed by atoms with Gasteiger partial charge in [-0.1, -0.05) is 12.1 Å². The van der Waals surface area contributed by atoms with Gasteiger partial charge < -0.3 is 0 Å². The first-order chi connectivity index (χ1) is 9.65. The molecule has 0 amide bonds. The van der Waals surface area contributed by atoms with Crippen molar-refractivity contribution >= 4 is 17.1 Å². The third-order valence-electron chi connectivity index (χ3n) is 3.90. The van der Waals surface area contributed by atoms with Gasteiger partial charge in [0.05, 0.1) is 6.54 Å². The second kappa shape index (κ2) is 5.46. The maximum atomic E-state index is 13.2. The molecule has 20 heavy (non-hydrogen) atoms. The number of rotatable bonds is 3. The molecule has 1 aromatic carbocycles. The van der Waals surface area contributed by atoms with Crippen LogP contribution in [0.4, 0.5) is 4.39 Å². The number of Topliss-reactive ketones (excluding diaryl/α,β-unsaturated/α-hetero) is 1. The number of fused-ring (bicyclic) bond motifs is 1. The van der Waals surface area contributed by atoms with Gasteiger partial charge in [-0.25, -0.2) is 4.39 Å². The normalized spacial score (nSPS) is 18.8. The molecule has 0 fully saturated rings. The summed E-state index contributed by atoms with van der Waals surface area (Å²) in [4.78, 5) is 15.8. The van der Waals surface area contributed by atoms with Crippen LogP contribution in [0.2, 0.25) is 0 Å². The van der Waals surface area contributed by atoms with Crippen LogP contribution in [0.5, 0.6) is 0 Å². The van der Waals surface area contributed by atoms with Gasteiger partial charge in [0.1, 0.15) is 5.82 Å². The highest BCUT2D eigenvalue weighted by atomic mass is 32.1. The van der Waals surface area contributed by atoms with Crippen LogP contribution in [0, 0.1) is 5.82 Å². The highest BCUT2D eigenvalue weighted by molar-refractivity contribution is 7.10. The van der Waals surface area contributed by atoms with Gasteiger partial charge in [0.15, 0.2) is 5.78 Å². The molecule has 2 aromatic rings. The van der Waals surface area contributed by atoms with Crippen molar-refractivity contribution in [1.82, 2.24) is 4.90 Å². The van der Waals surface area contributed by atoms with Crippen molar-refractivity contribution in [3.8, 4) is 0 Å². The summed E-state index contributed by atoms with van der Waals surface area (Å²) in [5.41, 5.74) is 1.78. The zero-order valence-corrected chi connectivity index (χ0v) is 12.1. The number of benzene rings is 1. The van der Waals surface area contributed by atoms with Crippen LogP contribution in [0.3, 0.4) is 0 Å². The molecule has 1 aliphatic rings. The minimum atomic E-state index is -0.359. The van der Waals surface area contributed by atoms with Gasteiger partial charge in [-0.3, -0.25) is 9.69 Å². The fourth-order valence-electron chi connectivity index (χ4n) is 2.72. The van der Waals surface area contributed by atoms with Crippen LogP contribution < -0.4 is 0 Å². The molecule has 3 rings (SSSR count). The molecule has 1 aromatic heterocycles. The van der Waals surface area contributed by atoms with Crippen molar-refractivity contribution in [1.29, 1.82) is 0 Å². The van der Waals surface area contributed by atoms with Crippen LogP contribution >= 0.6 is 11.3 Å². The number of thiophene rings is 1. The number of carbonyl (C=O) groups excluding carboxylic acids is 1. The van der Waals surface area contributed by atoms with Crippen LogP contribution in [-0.4, -0.2) is 23.8 Å². The Morgan fingerprint density at radius 2 is 2.30 bits per heavy atom. The van der Waals surface area contributed by atoms with E-state index in [1.807, 2.05) is 0 Å². The van der Waals surface area contributed by atoms with E-state index in [9.17, 15) is 9.18 Å². The SMILES string of the molecule is CC1c2ccsc2CCN1CC(=O)c1cccc(F)c1. The van der Waals surface area contributed by atoms with Crippen molar-refractivity contribution < 1.29 is 9.18 Å². The third kappa shape index (κ3) is 2.53. The lowest BCUT2D eigenvalue weighted by molar-refractivity contribution is 0.0891. The van der Waals surface area contributed by atoms with Gasteiger partial charge in [-0.05, 0) is 42.5 Å². The molecule has 0 saturated heterocycles. The van der Waals surface area contributed by atoms with Gasteiger partial charge in [-0.2, -0.15) is 0 Å². The van der Waals surface area contributed by atoms with Gasteiger partial charge in [0.2, 0.25) is 0 Å². The lowest BCUT2D eigenvalue weighted by Gasteiger charge is -2.32. The second-order valence-corrected chi connectivity index (χ2v) is 6.13. The summed E-state index contributed by atoms with van der Waals surface area (Å²) >= 11 is 1.79. The van der Waals surface area contributed by atoms with E-state index in [4.69, 9.17) is 0 Å². The molecule has 1 aliphatic heterocycles. The van der Waals surface area contributed by atoms with Crippen molar-refractivity contribution in [3.05, 3.63) is 57.5 Å². The summed E-state index contributed by atoms with van der Waals surface area (Å²) in [5.74, 6) is -0.377. The Morgan fingerprint density at radius 1 is 1.45 bits per heavy atom. The summed E-state index contributed by atoms with van der Waals surface area (Å²) in [6.45, 7) is 3.36. The molecule has 0 radical (unpaired) electrons. The van der Waals surface area contributed by atoms with E-state index in [1.54, 1.807) is 23.5 Å². The van der Waals surface area contributed by atoms with Gasteiger partial charge in [0, 0.05) is 23.0 Å². The van der Waals surface area contributed by atoms with E-state index < -0.39 is 0 Å². The highest BCUT2D eigenvalue weighted by Gasteiger charge is 2.26. The van der Waals surface area contributed by atoms with E-state index >= 15 is 0 Å². The highest BCUT2D eigenvalue weighted by Crippen LogP contribution is 2.32. The van der Waals surface area contributed by atoms with Gasteiger partial charge in [-0.15, -0.1) is 11.3 Å². The number of hydrogen-bond donors (Lipinski definition) is 0. The Labute approximate surface area is 121 Å². The maximum absolute atomic E-state index is 13.2. The first-order valence-corrected chi connectivity index (χ1v) is 7.62. The number of nitrogens with zero attached hydrogens (tertiary/aromatic N) is 1. The Hall–Kier alpha value is -1.52. The molecule has 0 N–H and O–H groups in total. The minimum Gasteiger partial charge on any atom is -0.293 e. The molecule has 2 heterocycles. The summed E-state index contributed by atoms with van der Waals surface area (Å²) in [6.07, 6.45) is 0.994. The lowest BCUT2D eigenvalue weighted by Crippen LogP contribution is -2.37. The summed E-state index contributed by atoms with van der Waals surface area (Å²) < 4.78 is 13.2. The van der Waals surface area contributed by atoms with Crippen LogP contribution in [0.25, 0.3) is 0 Å². The number of carbonyl (C=O) groups is 1. The standard InChI is InChI=1S/C16H16FNOS/c1-11-14-6-8-20-16(14)5-7-18(11)10-15(19)12-3-2-4-13(17)9-12/h2-4,6,8-9,11H,5,7,10H2,1H3. The van der Waals surface area contributed by atoms with Crippen LogP contribution in [0.15, 0.2) is 35.7 Å². The van der Waals surface area contributed by atoms with E-state index in [-0.39, 0.29) is 17.6 Å². The molecule has 4 heteroatoms. The van der Waals surface area contributed by atoms with E-state index in [2.05, 4.69) is 23.3 Å². The van der Waals surface area contributed by atoms with Gasteiger partial charge >= 0.3 is 0 Å². The molecule has 0 saturated carbocycles. The Balaban J connectivity index is 1.74. The number of ketones is 1. The van der Waals surface area contributed by atoms with Crippen LogP contribution in [0.1, 0.15) is 33.8 Å². The molecule has 0 spiro atoms. The molecule has 1 atom stereocenters. The number of hydrogen-bond acceptors (Lipinski definition) is 3. The molecule has 104 valence electrons. The third-order valence-corrected chi connectivity index (χ3v) is 4.89. The maximum Gasteiger partial charge on any atom is 0.176 e. The smallest absolute Gasteiger partial charge is 0.176 e. The van der Waals surface area contributed by atoms with Crippen molar-refractivity contribution in [2.75, 3.05) is 13.1 Å². The quantitative estimate of drug-likeness (QED) is 0.803.